The molecule has 0 saturated carbocycles. The zero-order valence-corrected chi connectivity index (χ0v) is 12.8. The summed E-state index contributed by atoms with van der Waals surface area (Å²) in [6.07, 6.45) is 0.633. The second-order valence-electron chi connectivity index (χ2n) is 5.30. The fraction of sp³-hybridized carbons (Fsp3) is 0.538. The number of nitrogens with zero attached hydrogens (tertiary/aromatic N) is 1. The van der Waals surface area contributed by atoms with Crippen LogP contribution in [0.5, 0.6) is 0 Å². The molecule has 20 heavy (non-hydrogen) atoms. The smallest absolute Gasteiger partial charge is 0.246 e. The minimum atomic E-state index is -4.04. The van der Waals surface area contributed by atoms with Crippen LogP contribution < -0.4 is 5.73 Å². The minimum Gasteiger partial charge on any atom is -0.396 e. The van der Waals surface area contributed by atoms with Gasteiger partial charge >= 0.3 is 0 Å². The number of benzene rings is 1. The molecule has 1 rings (SSSR count). The molecular formula is C13H20F2N2O2S. The van der Waals surface area contributed by atoms with Crippen LogP contribution in [0.25, 0.3) is 0 Å². The highest BCUT2D eigenvalue weighted by Gasteiger charge is 2.29. The fourth-order valence-electron chi connectivity index (χ4n) is 1.97. The Balaban J connectivity index is 3.20. The first-order chi connectivity index (χ1) is 9.07. The number of anilines is 1. The average molecular weight is 306 g/mol. The van der Waals surface area contributed by atoms with Crippen LogP contribution in [0, 0.1) is 17.6 Å². The first-order valence-corrected chi connectivity index (χ1v) is 7.74. The topological polar surface area (TPSA) is 63.4 Å². The van der Waals surface area contributed by atoms with E-state index >= 15 is 0 Å². The van der Waals surface area contributed by atoms with Crippen LogP contribution in [-0.4, -0.2) is 25.8 Å². The zero-order chi connectivity index (χ0) is 15.7. The molecule has 1 atom stereocenters. The highest BCUT2D eigenvalue weighted by Crippen LogP contribution is 2.25. The third kappa shape index (κ3) is 3.46. The Bertz CT molecular complexity index is 588. The average Bonchev–Trinajstić information content (AvgIpc) is 2.31. The summed E-state index contributed by atoms with van der Waals surface area (Å²) in [4.78, 5) is -0.602. The summed E-state index contributed by atoms with van der Waals surface area (Å²) in [5, 5.41) is 0. The monoisotopic (exact) mass is 306 g/mol. The Hall–Kier alpha value is -1.21. The van der Waals surface area contributed by atoms with Crippen LogP contribution in [0.1, 0.15) is 27.2 Å². The van der Waals surface area contributed by atoms with Crippen molar-refractivity contribution in [3.63, 3.8) is 0 Å². The van der Waals surface area contributed by atoms with Gasteiger partial charge in [-0.25, -0.2) is 17.2 Å². The molecule has 0 amide bonds. The molecule has 2 N–H and O–H groups in total. The van der Waals surface area contributed by atoms with Gasteiger partial charge in [-0.3, -0.25) is 0 Å². The second-order valence-corrected chi connectivity index (χ2v) is 7.27. The van der Waals surface area contributed by atoms with E-state index in [-0.39, 0.29) is 6.04 Å². The fourth-order valence-corrected chi connectivity index (χ4v) is 3.42. The predicted octanol–water partition coefficient (Wildman–Crippen LogP) is 2.60. The van der Waals surface area contributed by atoms with E-state index in [4.69, 9.17) is 5.73 Å². The Morgan fingerprint density at radius 3 is 2.25 bits per heavy atom. The van der Waals surface area contributed by atoms with Crippen molar-refractivity contribution in [2.24, 2.45) is 5.92 Å². The van der Waals surface area contributed by atoms with Gasteiger partial charge in [0.25, 0.3) is 0 Å². The number of nitrogen functional groups attached to an aromatic ring is 1. The van der Waals surface area contributed by atoms with Crippen molar-refractivity contribution >= 4 is 15.7 Å². The van der Waals surface area contributed by atoms with Crippen molar-refractivity contribution in [2.45, 2.75) is 38.1 Å². The standard InChI is InChI=1S/C13H20F2N2O2S/c1-8(2)5-9(3)17(4)20(18,19)13-7-12(16)10(14)6-11(13)15/h6-9H,5,16H2,1-4H3. The number of sulfonamides is 1. The summed E-state index contributed by atoms with van der Waals surface area (Å²) in [5.41, 5.74) is 4.92. The number of hydrogen-bond acceptors (Lipinski definition) is 3. The van der Waals surface area contributed by atoms with Gasteiger partial charge in [0.2, 0.25) is 10.0 Å². The second kappa shape index (κ2) is 6.05. The SMILES string of the molecule is CC(C)CC(C)N(C)S(=O)(=O)c1cc(N)c(F)cc1F. The molecule has 1 unspecified atom stereocenters. The first kappa shape index (κ1) is 16.8. The van der Waals surface area contributed by atoms with Crippen molar-refractivity contribution in [1.29, 1.82) is 0 Å². The molecular weight excluding hydrogens is 286 g/mol. The van der Waals surface area contributed by atoms with Crippen molar-refractivity contribution in [3.8, 4) is 0 Å². The van der Waals surface area contributed by atoms with E-state index in [1.54, 1.807) is 6.92 Å². The molecule has 114 valence electrons. The normalized spacial score (nSPS) is 14.0. The van der Waals surface area contributed by atoms with Gasteiger partial charge in [-0.05, 0) is 25.3 Å². The molecule has 0 radical (unpaired) electrons. The molecule has 0 aromatic heterocycles. The van der Waals surface area contributed by atoms with Gasteiger partial charge < -0.3 is 5.73 Å². The zero-order valence-electron chi connectivity index (χ0n) is 12.0. The van der Waals surface area contributed by atoms with Crippen molar-refractivity contribution < 1.29 is 17.2 Å². The Morgan fingerprint density at radius 2 is 1.75 bits per heavy atom. The molecule has 0 aliphatic carbocycles. The lowest BCUT2D eigenvalue weighted by molar-refractivity contribution is 0.336. The number of halogens is 2. The predicted molar refractivity (Wildman–Crippen MR) is 74.6 cm³/mol. The van der Waals surface area contributed by atoms with E-state index in [1.165, 1.54) is 7.05 Å². The highest BCUT2D eigenvalue weighted by atomic mass is 32.2. The summed E-state index contributed by atoms with van der Waals surface area (Å²) in [6.45, 7) is 5.67. The molecule has 7 heteroatoms. The van der Waals surface area contributed by atoms with Crippen LogP contribution >= 0.6 is 0 Å². The Morgan fingerprint density at radius 1 is 1.20 bits per heavy atom. The lowest BCUT2D eigenvalue weighted by Crippen LogP contribution is -2.36. The largest absolute Gasteiger partial charge is 0.396 e. The third-order valence-electron chi connectivity index (χ3n) is 3.14. The lowest BCUT2D eigenvalue weighted by atomic mass is 10.1. The summed E-state index contributed by atoms with van der Waals surface area (Å²) in [7, 11) is -2.67. The summed E-state index contributed by atoms with van der Waals surface area (Å²) >= 11 is 0. The minimum absolute atomic E-state index is 0.297. The molecule has 0 spiro atoms. The Kier molecular flexibility index (Phi) is 5.10. The highest BCUT2D eigenvalue weighted by molar-refractivity contribution is 7.89. The summed E-state index contributed by atoms with van der Waals surface area (Å²) < 4.78 is 52.6. The van der Waals surface area contributed by atoms with Crippen LogP contribution in [0.15, 0.2) is 17.0 Å². The molecule has 0 bridgehead atoms. The van der Waals surface area contributed by atoms with Gasteiger partial charge in [0.1, 0.15) is 16.5 Å². The molecule has 1 aromatic rings. The van der Waals surface area contributed by atoms with Gasteiger partial charge in [-0.2, -0.15) is 4.31 Å². The van der Waals surface area contributed by atoms with E-state index in [0.29, 0.717) is 18.4 Å². The van der Waals surface area contributed by atoms with Gasteiger partial charge in [0, 0.05) is 19.2 Å². The van der Waals surface area contributed by atoms with Crippen molar-refractivity contribution in [1.82, 2.24) is 4.31 Å². The molecule has 0 fully saturated rings. The van der Waals surface area contributed by atoms with Crippen molar-refractivity contribution in [3.05, 3.63) is 23.8 Å². The van der Waals surface area contributed by atoms with E-state index in [1.807, 2.05) is 13.8 Å². The van der Waals surface area contributed by atoms with E-state index < -0.39 is 32.2 Å². The lowest BCUT2D eigenvalue weighted by Gasteiger charge is -2.26. The molecule has 0 saturated heterocycles. The maximum atomic E-state index is 13.7. The van der Waals surface area contributed by atoms with Crippen molar-refractivity contribution in [2.75, 3.05) is 12.8 Å². The molecule has 0 aliphatic rings. The number of rotatable bonds is 5. The van der Waals surface area contributed by atoms with E-state index in [0.717, 1.165) is 10.4 Å². The Labute approximate surface area is 118 Å². The molecule has 0 aliphatic heterocycles. The molecule has 0 heterocycles. The van der Waals surface area contributed by atoms with Gasteiger partial charge in [0.15, 0.2) is 0 Å². The molecule has 4 nitrogen and oxygen atoms in total. The number of nitrogens with two attached hydrogens (primary N) is 1. The van der Waals surface area contributed by atoms with Gasteiger partial charge in [-0.1, -0.05) is 13.8 Å². The maximum absolute atomic E-state index is 13.7. The maximum Gasteiger partial charge on any atom is 0.246 e. The molecule has 1 aromatic carbocycles. The quantitative estimate of drug-likeness (QED) is 0.851. The first-order valence-electron chi connectivity index (χ1n) is 6.30. The van der Waals surface area contributed by atoms with Crippen LogP contribution in [0.2, 0.25) is 0 Å². The van der Waals surface area contributed by atoms with Crippen LogP contribution in [0.3, 0.4) is 0 Å². The third-order valence-corrected chi connectivity index (χ3v) is 5.13. The van der Waals surface area contributed by atoms with Crippen LogP contribution in [-0.2, 0) is 10.0 Å². The van der Waals surface area contributed by atoms with Crippen LogP contribution in [0.4, 0.5) is 14.5 Å². The van der Waals surface area contributed by atoms with Gasteiger partial charge in [0.05, 0.1) is 5.69 Å². The summed E-state index contributed by atoms with van der Waals surface area (Å²) in [6, 6.07) is 1.01. The van der Waals surface area contributed by atoms with E-state index in [2.05, 4.69) is 0 Å². The number of hydrogen-bond donors (Lipinski definition) is 1. The van der Waals surface area contributed by atoms with E-state index in [9.17, 15) is 17.2 Å². The van der Waals surface area contributed by atoms with Gasteiger partial charge in [-0.15, -0.1) is 0 Å². The summed E-state index contributed by atoms with van der Waals surface area (Å²) in [5.74, 6) is -1.81.